The zero-order valence-corrected chi connectivity index (χ0v) is 10.3. The lowest BCUT2D eigenvalue weighted by Gasteiger charge is -2.15. The molecule has 14 heavy (non-hydrogen) atoms. The molecular weight excluding hydrogens is 274 g/mol. The molecule has 8 heteroatoms. The Balaban J connectivity index is 3.50. The van der Waals surface area contributed by atoms with Gasteiger partial charge in [-0.3, -0.25) is 0 Å². The molecule has 0 rings (SSSR count). The number of nitrogens with zero attached hydrogens (tertiary/aromatic N) is 2. The average Bonchev–Trinajstić information content (AvgIpc) is 1.98. The molecule has 0 aromatic heterocycles. The number of hydrogen-bond acceptors (Lipinski definition) is 4. The first-order valence-corrected chi connectivity index (χ1v) is 5.31. The van der Waals surface area contributed by atoms with E-state index in [1.54, 1.807) is 0 Å². The number of halogens is 4. The maximum atomic E-state index is 9.30. The summed E-state index contributed by atoms with van der Waals surface area (Å²) in [5, 5.41) is 18.6. The summed E-state index contributed by atoms with van der Waals surface area (Å²) < 4.78 is 1.68. The highest BCUT2D eigenvalue weighted by Gasteiger charge is 2.13. The third-order valence-electron chi connectivity index (χ3n) is 1.53. The second-order valence-corrected chi connectivity index (χ2v) is 4.83. The van der Waals surface area contributed by atoms with E-state index in [1.807, 2.05) is 0 Å². The van der Waals surface area contributed by atoms with E-state index in [1.165, 1.54) is 0 Å². The zero-order chi connectivity index (χ0) is 11.1. The van der Waals surface area contributed by atoms with E-state index in [4.69, 9.17) is 47.1 Å². The van der Waals surface area contributed by atoms with Crippen molar-refractivity contribution in [2.75, 3.05) is 13.1 Å². The fraction of sp³-hybridized carbons (Fsp3) is 1.00. The van der Waals surface area contributed by atoms with Crippen LogP contribution in [0.4, 0.5) is 0 Å². The van der Waals surface area contributed by atoms with Crippen molar-refractivity contribution in [3.63, 3.8) is 0 Å². The second-order valence-electron chi connectivity index (χ2n) is 2.86. The minimum absolute atomic E-state index is 0.126. The molecule has 0 aliphatic carbocycles. The lowest BCUT2D eigenvalue weighted by Crippen LogP contribution is -2.24. The van der Waals surface area contributed by atoms with Crippen molar-refractivity contribution in [1.29, 1.82) is 0 Å². The Morgan fingerprint density at radius 3 is 1.29 bits per heavy atom. The Morgan fingerprint density at radius 2 is 1.07 bits per heavy atom. The van der Waals surface area contributed by atoms with Crippen LogP contribution in [0.2, 0.25) is 0 Å². The summed E-state index contributed by atoms with van der Waals surface area (Å²) in [6, 6.07) is 0. The van der Waals surface area contributed by atoms with Crippen molar-refractivity contribution >= 4 is 47.1 Å². The van der Waals surface area contributed by atoms with E-state index < -0.39 is 12.2 Å². The predicted molar refractivity (Wildman–Crippen MR) is 58.1 cm³/mol. The van der Waals surface area contributed by atoms with E-state index in [0.717, 1.165) is 7.88 Å². The molecule has 86 valence electrons. The van der Waals surface area contributed by atoms with Crippen molar-refractivity contribution in [2.24, 2.45) is 0 Å². The maximum Gasteiger partial charge on any atom is 0.0695 e. The monoisotopic (exact) mass is 284 g/mol. The summed E-state index contributed by atoms with van der Waals surface area (Å²) in [6.07, 6.45) is -0.616. The van der Waals surface area contributed by atoms with Crippen LogP contribution in [0, 0.1) is 0 Å². The van der Waals surface area contributed by atoms with Crippen LogP contribution < -0.4 is 0 Å². The van der Waals surface area contributed by atoms with Gasteiger partial charge in [0.25, 0.3) is 0 Å². The van der Waals surface area contributed by atoms with Crippen molar-refractivity contribution < 1.29 is 10.2 Å². The second kappa shape index (κ2) is 8.19. The molecule has 0 aliphatic rings. The van der Waals surface area contributed by atoms with Gasteiger partial charge in [-0.2, -0.15) is 0 Å². The first-order chi connectivity index (χ1) is 6.41. The molecule has 2 N–H and O–H groups in total. The molecule has 0 spiro atoms. The Hall–Kier alpha value is 1.00. The molecule has 0 bridgehead atoms. The third-order valence-corrected chi connectivity index (χ3v) is 2.08. The molecular formula is C6H12Cl4N2O2. The summed E-state index contributed by atoms with van der Waals surface area (Å²) in [4.78, 5) is 0. The molecule has 0 amide bonds. The van der Waals surface area contributed by atoms with E-state index in [-0.39, 0.29) is 13.1 Å². The molecule has 0 aromatic rings. The highest BCUT2D eigenvalue weighted by Crippen LogP contribution is 2.09. The van der Waals surface area contributed by atoms with Crippen molar-refractivity contribution in [1.82, 2.24) is 7.88 Å². The topological polar surface area (TPSA) is 46.9 Å². The summed E-state index contributed by atoms with van der Waals surface area (Å²) in [5.41, 5.74) is 0. The van der Waals surface area contributed by atoms with Crippen LogP contribution in [0.1, 0.15) is 12.8 Å². The van der Waals surface area contributed by atoms with Gasteiger partial charge >= 0.3 is 0 Å². The fourth-order valence-electron chi connectivity index (χ4n) is 0.886. The molecule has 0 radical (unpaired) electrons. The Bertz CT molecular complexity index is 134. The Kier molecular flexibility index (Phi) is 8.77. The lowest BCUT2D eigenvalue weighted by atomic mass is 10.1. The lowest BCUT2D eigenvalue weighted by molar-refractivity contribution is 0.106. The van der Waals surface area contributed by atoms with Gasteiger partial charge in [0.1, 0.15) is 0 Å². The van der Waals surface area contributed by atoms with Gasteiger partial charge in [0.05, 0.1) is 25.3 Å². The van der Waals surface area contributed by atoms with Gasteiger partial charge in [0, 0.05) is 0 Å². The van der Waals surface area contributed by atoms with Gasteiger partial charge in [-0.1, -0.05) is 0 Å². The van der Waals surface area contributed by atoms with Crippen molar-refractivity contribution in [3.05, 3.63) is 0 Å². The normalized spacial score (nSPS) is 16.3. The van der Waals surface area contributed by atoms with Crippen molar-refractivity contribution in [2.45, 2.75) is 25.0 Å². The van der Waals surface area contributed by atoms with Crippen LogP contribution in [0.15, 0.2) is 0 Å². The highest BCUT2D eigenvalue weighted by molar-refractivity contribution is 6.34. The van der Waals surface area contributed by atoms with E-state index in [9.17, 15) is 10.2 Å². The molecule has 0 aromatic carbocycles. The van der Waals surface area contributed by atoms with Crippen LogP contribution in [-0.4, -0.2) is 43.4 Å². The molecule has 4 nitrogen and oxygen atoms in total. The van der Waals surface area contributed by atoms with Crippen molar-refractivity contribution in [3.8, 4) is 0 Å². The van der Waals surface area contributed by atoms with Crippen LogP contribution in [0.5, 0.6) is 0 Å². The standard InChI is InChI=1S/C6H12Cl4N2O2/c7-11(8)3-5(13)1-2-6(14)4-12(9)10/h5-6,13-14H,1-4H2. The number of aliphatic hydroxyl groups excluding tert-OH is 2. The summed E-state index contributed by atoms with van der Waals surface area (Å²) in [7, 11) is 0. The molecule has 2 atom stereocenters. The molecule has 0 heterocycles. The van der Waals surface area contributed by atoms with Crippen LogP contribution >= 0.6 is 47.1 Å². The smallest absolute Gasteiger partial charge is 0.0695 e. The molecule has 0 saturated heterocycles. The Labute approximate surface area is 103 Å². The first-order valence-electron chi connectivity index (χ1n) is 3.96. The van der Waals surface area contributed by atoms with Gasteiger partial charge < -0.3 is 10.2 Å². The summed E-state index contributed by atoms with van der Waals surface area (Å²) >= 11 is 21.2. The summed E-state index contributed by atoms with van der Waals surface area (Å²) in [6.45, 7) is 0.253. The van der Waals surface area contributed by atoms with E-state index >= 15 is 0 Å². The minimum atomic E-state index is -0.682. The number of hydrogen-bond donors (Lipinski definition) is 2. The SMILES string of the molecule is OC(CCC(O)CN(Cl)Cl)CN(Cl)Cl. The molecule has 0 saturated carbocycles. The largest absolute Gasteiger partial charge is 0.392 e. The summed E-state index contributed by atoms with van der Waals surface area (Å²) in [5.74, 6) is 0. The molecule has 0 aliphatic heterocycles. The van der Waals surface area contributed by atoms with Gasteiger partial charge in [-0.05, 0) is 59.9 Å². The molecule has 0 fully saturated rings. The van der Waals surface area contributed by atoms with Gasteiger partial charge in [0.15, 0.2) is 0 Å². The van der Waals surface area contributed by atoms with Gasteiger partial charge in [-0.25, -0.2) is 0 Å². The van der Waals surface area contributed by atoms with Crippen LogP contribution in [-0.2, 0) is 0 Å². The van der Waals surface area contributed by atoms with Crippen LogP contribution in [0.3, 0.4) is 0 Å². The first kappa shape index (κ1) is 15.0. The van der Waals surface area contributed by atoms with E-state index in [2.05, 4.69) is 0 Å². The van der Waals surface area contributed by atoms with E-state index in [0.29, 0.717) is 12.8 Å². The molecule has 2 unspecified atom stereocenters. The average molecular weight is 286 g/mol. The Morgan fingerprint density at radius 1 is 0.786 bits per heavy atom. The zero-order valence-electron chi connectivity index (χ0n) is 7.28. The van der Waals surface area contributed by atoms with Gasteiger partial charge in [-0.15, -0.1) is 7.88 Å². The van der Waals surface area contributed by atoms with Crippen LogP contribution in [0.25, 0.3) is 0 Å². The minimum Gasteiger partial charge on any atom is -0.392 e. The van der Waals surface area contributed by atoms with Gasteiger partial charge in [0.2, 0.25) is 0 Å². The predicted octanol–water partition coefficient (Wildman–Crippen LogP) is 1.71. The fourth-order valence-corrected chi connectivity index (χ4v) is 1.52. The highest BCUT2D eigenvalue weighted by atomic mass is 35.5. The number of aliphatic hydroxyl groups is 2. The number of rotatable bonds is 7. The maximum absolute atomic E-state index is 9.30. The quantitative estimate of drug-likeness (QED) is 0.699. The third kappa shape index (κ3) is 9.55.